The number of carbonyl (C=O) groups excluding carboxylic acids is 2. The number of H-pyrrole nitrogens is 1. The van der Waals surface area contributed by atoms with Crippen LogP contribution in [0.1, 0.15) is 30.3 Å². The lowest BCUT2D eigenvalue weighted by Gasteiger charge is -2.39. The number of piperidine rings is 1. The number of nitrogens with zero attached hydrogens (tertiary/aromatic N) is 1. The van der Waals surface area contributed by atoms with Crippen LogP contribution in [0, 0.1) is 0 Å². The van der Waals surface area contributed by atoms with Gasteiger partial charge in [0.2, 0.25) is 5.91 Å². The highest BCUT2D eigenvalue weighted by atomic mass is 35.5. The molecule has 4 rings (SSSR count). The number of fused-ring (bicyclic) bond motifs is 1. The van der Waals surface area contributed by atoms with Gasteiger partial charge in [0.25, 0.3) is 0 Å². The van der Waals surface area contributed by atoms with E-state index in [0.29, 0.717) is 47.9 Å². The minimum Gasteiger partial charge on any atom is -0.464 e. The maximum Gasteiger partial charge on any atom is 0.356 e. The summed E-state index contributed by atoms with van der Waals surface area (Å²) in [7, 11) is 1.30. The molecule has 1 aromatic heterocycles. The molecule has 1 aromatic carbocycles. The molecule has 0 saturated carbocycles. The van der Waals surface area contributed by atoms with E-state index in [-0.39, 0.29) is 17.6 Å². The molecule has 0 aliphatic carbocycles. The van der Waals surface area contributed by atoms with Gasteiger partial charge in [-0.2, -0.15) is 0 Å². The molecule has 2 aliphatic heterocycles. The molecule has 9 heteroatoms. The smallest absolute Gasteiger partial charge is 0.356 e. The summed E-state index contributed by atoms with van der Waals surface area (Å²) < 4.78 is 16.4. The lowest BCUT2D eigenvalue weighted by atomic mass is 10.0. The second-order valence-corrected chi connectivity index (χ2v) is 7.80. The highest BCUT2D eigenvalue weighted by Gasteiger charge is 2.41. The van der Waals surface area contributed by atoms with Crippen molar-refractivity contribution in [3.63, 3.8) is 0 Å². The third-order valence-electron chi connectivity index (χ3n) is 5.70. The van der Waals surface area contributed by atoms with Gasteiger partial charge in [-0.05, 0) is 25.1 Å². The van der Waals surface area contributed by atoms with Crippen molar-refractivity contribution in [2.24, 2.45) is 0 Å². The van der Waals surface area contributed by atoms with Crippen LogP contribution in [0.2, 0.25) is 5.02 Å². The molecule has 2 N–H and O–H groups in total. The second-order valence-electron chi connectivity index (χ2n) is 7.37. The molecule has 8 nitrogen and oxygen atoms in total. The number of nitrogens with one attached hydrogen (secondary N) is 2. The topological polar surface area (TPSA) is 92.9 Å². The Balaban J connectivity index is 1.52. The summed E-state index contributed by atoms with van der Waals surface area (Å²) in [5.74, 6) is -1.26. The van der Waals surface area contributed by atoms with E-state index in [1.165, 1.54) is 7.11 Å². The van der Waals surface area contributed by atoms with Gasteiger partial charge in [0.15, 0.2) is 5.79 Å². The maximum atomic E-state index is 13.0. The van der Waals surface area contributed by atoms with E-state index in [4.69, 9.17) is 25.8 Å². The molecule has 1 spiro atoms. The third-order valence-corrected chi connectivity index (χ3v) is 5.93. The number of aromatic amines is 1. The van der Waals surface area contributed by atoms with Gasteiger partial charge in [0.1, 0.15) is 5.69 Å². The molecule has 2 aliphatic rings. The van der Waals surface area contributed by atoms with Crippen LogP contribution in [-0.2, 0) is 19.0 Å². The number of halogens is 1. The predicted molar refractivity (Wildman–Crippen MR) is 108 cm³/mol. The van der Waals surface area contributed by atoms with Crippen LogP contribution < -0.4 is 5.32 Å². The minimum absolute atomic E-state index is 0.190. The van der Waals surface area contributed by atoms with Crippen molar-refractivity contribution in [1.82, 2.24) is 9.88 Å². The van der Waals surface area contributed by atoms with Gasteiger partial charge >= 0.3 is 5.97 Å². The fraction of sp³-hybridized carbons (Fsp3) is 0.500. The summed E-state index contributed by atoms with van der Waals surface area (Å²) in [5, 5.41) is 4.07. The molecule has 2 aromatic rings. The number of amides is 1. The first-order valence-electron chi connectivity index (χ1n) is 9.65. The Bertz CT molecular complexity index is 928. The Kier molecular flexibility index (Phi) is 5.52. The number of esters is 1. The Morgan fingerprint density at radius 1 is 1.28 bits per heavy atom. The van der Waals surface area contributed by atoms with E-state index in [1.807, 2.05) is 6.92 Å². The Labute approximate surface area is 173 Å². The summed E-state index contributed by atoms with van der Waals surface area (Å²) in [6.45, 7) is 4.48. The van der Waals surface area contributed by atoms with Crippen molar-refractivity contribution in [1.29, 1.82) is 0 Å². The highest BCUT2D eigenvalue weighted by Crippen LogP contribution is 2.33. The zero-order valence-electron chi connectivity index (χ0n) is 16.4. The van der Waals surface area contributed by atoms with E-state index < -0.39 is 11.8 Å². The zero-order valence-corrected chi connectivity index (χ0v) is 17.2. The number of aromatic nitrogens is 1. The van der Waals surface area contributed by atoms with E-state index in [2.05, 4.69) is 15.2 Å². The number of carbonyl (C=O) groups is 2. The quantitative estimate of drug-likeness (QED) is 0.737. The number of hydrogen-bond acceptors (Lipinski definition) is 6. The lowest BCUT2D eigenvalue weighted by Crippen LogP contribution is -2.51. The number of ether oxygens (including phenoxy) is 3. The monoisotopic (exact) mass is 421 g/mol. The molecule has 2 saturated heterocycles. The summed E-state index contributed by atoms with van der Waals surface area (Å²) in [6.07, 6.45) is 1.45. The fourth-order valence-electron chi connectivity index (χ4n) is 3.98. The van der Waals surface area contributed by atoms with Crippen LogP contribution in [-0.4, -0.2) is 67.0 Å². The van der Waals surface area contributed by atoms with Crippen molar-refractivity contribution >= 4 is 40.1 Å². The lowest BCUT2D eigenvalue weighted by molar-refractivity contribution is -0.187. The van der Waals surface area contributed by atoms with Crippen molar-refractivity contribution < 1.29 is 23.8 Å². The van der Waals surface area contributed by atoms with Crippen LogP contribution in [0.5, 0.6) is 0 Å². The average Bonchev–Trinajstić information content (AvgIpc) is 3.32. The van der Waals surface area contributed by atoms with Gasteiger partial charge in [0.05, 0.1) is 32.1 Å². The normalized spacial score (nSPS) is 20.1. The number of anilines is 1. The van der Waals surface area contributed by atoms with Gasteiger partial charge < -0.3 is 24.5 Å². The molecule has 29 heavy (non-hydrogen) atoms. The molecule has 0 radical (unpaired) electrons. The van der Waals surface area contributed by atoms with E-state index in [9.17, 15) is 9.59 Å². The minimum atomic E-state index is -0.560. The van der Waals surface area contributed by atoms with Gasteiger partial charge in [-0.25, -0.2) is 4.79 Å². The van der Waals surface area contributed by atoms with E-state index in [0.717, 1.165) is 12.8 Å². The van der Waals surface area contributed by atoms with Crippen LogP contribution in [0.25, 0.3) is 10.9 Å². The van der Waals surface area contributed by atoms with Gasteiger partial charge in [-0.1, -0.05) is 11.6 Å². The van der Waals surface area contributed by atoms with Crippen LogP contribution in [0.3, 0.4) is 0 Å². The molecule has 0 unspecified atom stereocenters. The van der Waals surface area contributed by atoms with Crippen molar-refractivity contribution in [2.45, 2.75) is 31.6 Å². The number of hydrogen-bond donors (Lipinski definition) is 2. The Hall–Kier alpha value is -2.13. The number of methoxy groups -OCH3 is 1. The molecule has 156 valence electrons. The second kappa shape index (κ2) is 7.95. The molecule has 2 fully saturated rings. The molecule has 3 heterocycles. The van der Waals surface area contributed by atoms with Crippen molar-refractivity contribution in [2.75, 3.05) is 38.7 Å². The standard InChI is InChI=1S/C20H24ClN3O5/c1-12(24-7-5-20(6-8-24)28-9-10-29-20)18(25)23-16-14-11-13(21)3-4-15(14)22-17(16)19(26)27-2/h3-4,11-12,22H,5-10H2,1-2H3,(H,23,25)/t12-/m0/s1. The van der Waals surface area contributed by atoms with E-state index in [1.54, 1.807) is 18.2 Å². The molecular formula is C20H24ClN3O5. The SMILES string of the molecule is COC(=O)c1[nH]c2ccc(Cl)cc2c1NC(=O)[C@H](C)N1CCC2(CC1)OCCO2. The maximum absolute atomic E-state index is 13.0. The summed E-state index contributed by atoms with van der Waals surface area (Å²) in [5.41, 5.74) is 1.26. The first-order valence-corrected chi connectivity index (χ1v) is 10.0. The Morgan fingerprint density at radius 3 is 2.62 bits per heavy atom. The van der Waals surface area contributed by atoms with E-state index >= 15 is 0 Å². The van der Waals surface area contributed by atoms with Gasteiger partial charge in [-0.15, -0.1) is 0 Å². The molecular weight excluding hydrogens is 398 g/mol. The van der Waals surface area contributed by atoms with Crippen LogP contribution in [0.15, 0.2) is 18.2 Å². The van der Waals surface area contributed by atoms with Crippen LogP contribution >= 0.6 is 11.6 Å². The third kappa shape index (κ3) is 3.85. The number of benzene rings is 1. The van der Waals surface area contributed by atoms with Gasteiger partial charge in [-0.3, -0.25) is 9.69 Å². The molecule has 0 bridgehead atoms. The predicted octanol–water partition coefficient (Wildman–Crippen LogP) is 2.77. The van der Waals surface area contributed by atoms with Gasteiger partial charge in [0, 0.05) is 41.9 Å². The number of rotatable bonds is 4. The summed E-state index contributed by atoms with van der Waals surface area (Å²) in [6, 6.07) is 4.80. The fourth-order valence-corrected chi connectivity index (χ4v) is 4.15. The summed E-state index contributed by atoms with van der Waals surface area (Å²) in [4.78, 5) is 30.3. The average molecular weight is 422 g/mol. The van der Waals surface area contributed by atoms with Crippen molar-refractivity contribution in [3.05, 3.63) is 28.9 Å². The first kappa shape index (κ1) is 20.2. The Morgan fingerprint density at radius 2 is 1.97 bits per heavy atom. The zero-order chi connectivity index (χ0) is 20.6. The first-order chi connectivity index (χ1) is 13.9. The number of likely N-dealkylation sites (tertiary alicyclic amines) is 1. The van der Waals surface area contributed by atoms with Crippen LogP contribution in [0.4, 0.5) is 5.69 Å². The molecule has 1 amide bonds. The largest absolute Gasteiger partial charge is 0.464 e. The van der Waals surface area contributed by atoms with Crippen molar-refractivity contribution in [3.8, 4) is 0 Å². The molecule has 1 atom stereocenters. The highest BCUT2D eigenvalue weighted by molar-refractivity contribution is 6.31. The summed E-state index contributed by atoms with van der Waals surface area (Å²) >= 11 is 6.12.